The van der Waals surface area contributed by atoms with E-state index in [2.05, 4.69) is 31.2 Å². The van der Waals surface area contributed by atoms with Gasteiger partial charge in [0.2, 0.25) is 0 Å². The van der Waals surface area contributed by atoms with Crippen LogP contribution in [0.2, 0.25) is 0 Å². The van der Waals surface area contributed by atoms with Crippen molar-refractivity contribution in [3.8, 4) is 5.75 Å². The average Bonchev–Trinajstić information content (AvgIpc) is 3.22. The van der Waals surface area contributed by atoms with Crippen molar-refractivity contribution in [2.45, 2.75) is 30.8 Å². The molecule has 2 aromatic rings. The first kappa shape index (κ1) is 15.0. The number of carbonyl (C=O) groups excluding carboxylic acids is 1. The van der Waals surface area contributed by atoms with Gasteiger partial charge in [0.05, 0.1) is 0 Å². The molecule has 1 aliphatic rings. The van der Waals surface area contributed by atoms with Gasteiger partial charge in [0.15, 0.2) is 0 Å². The summed E-state index contributed by atoms with van der Waals surface area (Å²) in [5.41, 5.74) is 7.76. The van der Waals surface area contributed by atoms with Crippen LogP contribution in [0, 0.1) is 5.92 Å². The van der Waals surface area contributed by atoms with E-state index < -0.39 is 5.24 Å². The van der Waals surface area contributed by atoms with Crippen molar-refractivity contribution < 1.29 is 9.53 Å². The predicted octanol–water partition coefficient (Wildman–Crippen LogP) is 4.56. The molecule has 22 heavy (non-hydrogen) atoms. The first-order chi connectivity index (χ1) is 10.6. The molecule has 3 nitrogen and oxygen atoms in total. The number of thioether (sulfide) groups is 1. The van der Waals surface area contributed by atoms with E-state index in [1.807, 2.05) is 24.3 Å². The Hall–Kier alpha value is -1.94. The number of benzene rings is 2. The lowest BCUT2D eigenvalue weighted by Gasteiger charge is -2.09. The van der Waals surface area contributed by atoms with E-state index in [-0.39, 0.29) is 0 Å². The lowest BCUT2D eigenvalue weighted by molar-refractivity contribution is 0.267. The number of primary amides is 1. The highest BCUT2D eigenvalue weighted by Gasteiger charge is 2.33. The minimum absolute atomic E-state index is 0.414. The minimum Gasteiger partial charge on any atom is -0.489 e. The smallest absolute Gasteiger partial charge is 0.281 e. The topological polar surface area (TPSA) is 52.3 Å². The zero-order valence-electron chi connectivity index (χ0n) is 12.5. The fraction of sp³-hybridized carbons (Fsp3) is 0.278. The maximum Gasteiger partial charge on any atom is 0.281 e. The molecule has 2 N–H and O–H groups in total. The first-order valence-corrected chi connectivity index (χ1v) is 8.22. The van der Waals surface area contributed by atoms with Gasteiger partial charge in [-0.2, -0.15) is 0 Å². The number of hydrogen-bond donors (Lipinski definition) is 1. The Labute approximate surface area is 134 Å². The molecule has 1 aliphatic carbocycles. The van der Waals surface area contributed by atoms with Gasteiger partial charge >= 0.3 is 0 Å². The lowest BCUT2D eigenvalue weighted by Crippen LogP contribution is -2.01. The van der Waals surface area contributed by atoms with E-state index in [1.165, 1.54) is 17.5 Å². The molecule has 2 atom stereocenters. The van der Waals surface area contributed by atoms with Crippen LogP contribution in [-0.2, 0) is 6.61 Å². The summed E-state index contributed by atoms with van der Waals surface area (Å²) in [5, 5.41) is -0.414. The van der Waals surface area contributed by atoms with Gasteiger partial charge in [-0.15, -0.1) is 0 Å². The number of ether oxygens (including phenoxy) is 1. The molecule has 0 saturated heterocycles. The van der Waals surface area contributed by atoms with Gasteiger partial charge in [0, 0.05) is 4.90 Å². The van der Waals surface area contributed by atoms with Crippen LogP contribution < -0.4 is 10.5 Å². The summed E-state index contributed by atoms with van der Waals surface area (Å²) in [4.78, 5) is 11.7. The highest BCUT2D eigenvalue weighted by molar-refractivity contribution is 8.13. The van der Waals surface area contributed by atoms with Crippen molar-refractivity contribution in [1.29, 1.82) is 0 Å². The van der Waals surface area contributed by atoms with E-state index in [0.29, 0.717) is 6.61 Å². The Morgan fingerprint density at radius 2 is 2.05 bits per heavy atom. The largest absolute Gasteiger partial charge is 0.489 e. The fourth-order valence-electron chi connectivity index (χ4n) is 2.61. The van der Waals surface area contributed by atoms with Crippen molar-refractivity contribution in [1.82, 2.24) is 0 Å². The van der Waals surface area contributed by atoms with E-state index in [4.69, 9.17) is 10.5 Å². The summed E-state index contributed by atoms with van der Waals surface area (Å²) >= 11 is 1.01. The van der Waals surface area contributed by atoms with Crippen LogP contribution in [0.15, 0.2) is 53.4 Å². The Morgan fingerprint density at radius 3 is 2.77 bits per heavy atom. The van der Waals surface area contributed by atoms with Gasteiger partial charge in [-0.25, -0.2) is 0 Å². The molecule has 114 valence electrons. The molecule has 0 aromatic heterocycles. The van der Waals surface area contributed by atoms with Crippen molar-refractivity contribution in [3.63, 3.8) is 0 Å². The Bertz CT molecular complexity index is 686. The zero-order valence-corrected chi connectivity index (χ0v) is 13.3. The summed E-state index contributed by atoms with van der Waals surface area (Å²) in [6.07, 6.45) is 1.29. The van der Waals surface area contributed by atoms with Crippen molar-refractivity contribution in [2.24, 2.45) is 11.7 Å². The molecule has 0 aliphatic heterocycles. The van der Waals surface area contributed by atoms with Crippen molar-refractivity contribution in [2.75, 3.05) is 0 Å². The summed E-state index contributed by atoms with van der Waals surface area (Å²) in [5.74, 6) is 2.27. The molecule has 0 heterocycles. The van der Waals surface area contributed by atoms with E-state index >= 15 is 0 Å². The molecule has 2 aromatic carbocycles. The minimum atomic E-state index is -0.414. The highest BCUT2D eigenvalue weighted by Crippen LogP contribution is 2.46. The molecule has 1 saturated carbocycles. The van der Waals surface area contributed by atoms with Gasteiger partial charge in [-0.1, -0.05) is 37.3 Å². The normalized spacial score (nSPS) is 19.7. The molecule has 4 heteroatoms. The van der Waals surface area contributed by atoms with Gasteiger partial charge in [-0.3, -0.25) is 4.79 Å². The summed E-state index contributed by atoms with van der Waals surface area (Å²) < 4.78 is 5.83. The lowest BCUT2D eigenvalue weighted by atomic mass is 10.1. The first-order valence-electron chi connectivity index (χ1n) is 7.41. The maximum absolute atomic E-state index is 10.9. The van der Waals surface area contributed by atoms with Gasteiger partial charge < -0.3 is 10.5 Å². The molecule has 0 bridgehead atoms. The number of amides is 1. The molecule has 0 radical (unpaired) electrons. The van der Waals surface area contributed by atoms with Crippen LogP contribution in [0.4, 0.5) is 4.79 Å². The quantitative estimate of drug-likeness (QED) is 0.823. The van der Waals surface area contributed by atoms with E-state index in [9.17, 15) is 4.79 Å². The number of carbonyl (C=O) groups is 1. The van der Waals surface area contributed by atoms with E-state index in [1.54, 1.807) is 0 Å². The second-order valence-electron chi connectivity index (χ2n) is 5.75. The van der Waals surface area contributed by atoms with Crippen LogP contribution in [0.5, 0.6) is 5.75 Å². The molecule has 3 rings (SSSR count). The van der Waals surface area contributed by atoms with Crippen LogP contribution in [0.25, 0.3) is 0 Å². The van der Waals surface area contributed by atoms with Gasteiger partial charge in [0.25, 0.3) is 5.24 Å². The second-order valence-corrected chi connectivity index (χ2v) is 6.83. The third-order valence-electron chi connectivity index (χ3n) is 3.92. The van der Waals surface area contributed by atoms with Crippen LogP contribution in [0.3, 0.4) is 0 Å². The van der Waals surface area contributed by atoms with E-state index in [0.717, 1.165) is 34.2 Å². The maximum atomic E-state index is 10.9. The Morgan fingerprint density at radius 1 is 1.27 bits per heavy atom. The Balaban J connectivity index is 1.64. The van der Waals surface area contributed by atoms with Crippen LogP contribution in [0.1, 0.15) is 30.4 Å². The fourth-order valence-corrected chi connectivity index (χ4v) is 3.16. The van der Waals surface area contributed by atoms with Crippen LogP contribution >= 0.6 is 11.8 Å². The third kappa shape index (κ3) is 3.83. The van der Waals surface area contributed by atoms with Crippen LogP contribution in [-0.4, -0.2) is 5.24 Å². The molecule has 1 fully saturated rings. The summed E-state index contributed by atoms with van der Waals surface area (Å²) in [7, 11) is 0. The van der Waals surface area contributed by atoms with Crippen molar-refractivity contribution >= 4 is 17.0 Å². The van der Waals surface area contributed by atoms with Gasteiger partial charge in [0.1, 0.15) is 12.4 Å². The molecular weight excluding hydrogens is 294 g/mol. The molecule has 1 unspecified atom stereocenters. The Kier molecular flexibility index (Phi) is 4.39. The predicted molar refractivity (Wildman–Crippen MR) is 89.2 cm³/mol. The SMILES string of the molecule is CC1C[C@@H]1c1cccc(COc2cccc(SC(N)=O)c2)c1. The van der Waals surface area contributed by atoms with Crippen molar-refractivity contribution in [3.05, 3.63) is 59.7 Å². The van der Waals surface area contributed by atoms with Gasteiger partial charge in [-0.05, 0) is 59.3 Å². The molecule has 0 spiro atoms. The summed E-state index contributed by atoms with van der Waals surface area (Å²) in [6, 6.07) is 16.0. The molecular formula is C18H19NO2S. The average molecular weight is 313 g/mol. The highest BCUT2D eigenvalue weighted by atomic mass is 32.2. The molecule has 1 amide bonds. The second kappa shape index (κ2) is 6.44. The summed E-state index contributed by atoms with van der Waals surface area (Å²) in [6.45, 7) is 2.81. The number of rotatable bonds is 5. The standard InChI is InChI=1S/C18H19NO2S/c1-12-8-17(12)14-5-2-4-13(9-14)11-21-15-6-3-7-16(10-15)22-18(19)20/h2-7,9-10,12,17H,8,11H2,1H3,(H2,19,20)/t12?,17-/m0/s1. The monoisotopic (exact) mass is 313 g/mol. The third-order valence-corrected chi connectivity index (χ3v) is 4.61. The zero-order chi connectivity index (χ0) is 15.5. The number of nitrogens with two attached hydrogens (primary N) is 1. The number of hydrogen-bond acceptors (Lipinski definition) is 3.